The van der Waals surface area contributed by atoms with E-state index >= 15 is 0 Å². The highest BCUT2D eigenvalue weighted by Gasteiger charge is 2.18. The molecule has 0 aliphatic carbocycles. The van der Waals surface area contributed by atoms with Crippen LogP contribution < -0.4 is 10.1 Å². The Morgan fingerprint density at radius 2 is 1.79 bits per heavy atom. The molecule has 0 bridgehead atoms. The van der Waals surface area contributed by atoms with Crippen LogP contribution in [-0.2, 0) is 4.79 Å². The maximum atomic E-state index is 12.3. The molecular weight excluding hydrogens is 302 g/mol. The second kappa shape index (κ2) is 8.87. The van der Waals surface area contributed by atoms with Crippen LogP contribution in [0.4, 0.5) is 0 Å². The molecule has 0 radical (unpaired) electrons. The third-order valence-electron chi connectivity index (χ3n) is 4.01. The van der Waals surface area contributed by atoms with Crippen molar-refractivity contribution in [1.82, 2.24) is 5.32 Å². The topological polar surface area (TPSA) is 55.4 Å². The van der Waals surface area contributed by atoms with Crippen molar-refractivity contribution in [3.8, 4) is 5.75 Å². The average Bonchev–Trinajstić information content (AvgIpc) is 2.63. The van der Waals surface area contributed by atoms with Crippen molar-refractivity contribution < 1.29 is 14.3 Å². The highest BCUT2D eigenvalue weighted by molar-refractivity contribution is 5.82. The van der Waals surface area contributed by atoms with Crippen LogP contribution in [0.5, 0.6) is 5.75 Å². The molecule has 0 aliphatic heterocycles. The van der Waals surface area contributed by atoms with E-state index in [9.17, 15) is 9.59 Å². The summed E-state index contributed by atoms with van der Waals surface area (Å²) < 4.78 is 5.63. The van der Waals surface area contributed by atoms with Gasteiger partial charge in [0.1, 0.15) is 5.75 Å². The van der Waals surface area contributed by atoms with Gasteiger partial charge in [0.15, 0.2) is 12.4 Å². The quantitative estimate of drug-likeness (QED) is 0.755. The van der Waals surface area contributed by atoms with Crippen molar-refractivity contribution in [2.45, 2.75) is 32.3 Å². The lowest BCUT2D eigenvalue weighted by Crippen LogP contribution is -2.38. The second-order valence-electron chi connectivity index (χ2n) is 5.68. The first kappa shape index (κ1) is 17.7. The van der Waals surface area contributed by atoms with E-state index in [4.69, 9.17) is 4.74 Å². The lowest BCUT2D eigenvalue weighted by Gasteiger charge is -2.19. The fourth-order valence-electron chi connectivity index (χ4n) is 2.52. The molecule has 4 nitrogen and oxygen atoms in total. The molecule has 126 valence electrons. The van der Waals surface area contributed by atoms with Crippen LogP contribution in [0.3, 0.4) is 0 Å². The van der Waals surface area contributed by atoms with Gasteiger partial charge >= 0.3 is 0 Å². The average molecular weight is 325 g/mol. The van der Waals surface area contributed by atoms with E-state index in [-0.39, 0.29) is 11.8 Å². The summed E-state index contributed by atoms with van der Waals surface area (Å²) in [6, 6.07) is 17.0. The second-order valence-corrected chi connectivity index (χ2v) is 5.68. The van der Waals surface area contributed by atoms with Crippen molar-refractivity contribution in [3.05, 3.63) is 65.7 Å². The molecule has 1 N–H and O–H groups in total. The van der Waals surface area contributed by atoms with Gasteiger partial charge < -0.3 is 10.1 Å². The lowest BCUT2D eigenvalue weighted by molar-refractivity contribution is -0.127. The number of ether oxygens (including phenoxy) is 1. The molecule has 0 saturated carbocycles. The number of hydrogen-bond acceptors (Lipinski definition) is 3. The summed E-state index contributed by atoms with van der Waals surface area (Å²) in [7, 11) is 0. The van der Waals surface area contributed by atoms with Crippen molar-refractivity contribution >= 4 is 12.2 Å². The molecule has 0 fully saturated rings. The van der Waals surface area contributed by atoms with E-state index in [0.29, 0.717) is 17.9 Å². The highest BCUT2D eigenvalue weighted by atomic mass is 16.5. The smallest absolute Gasteiger partial charge is 0.260 e. The number of benzene rings is 2. The molecule has 1 amide bonds. The molecule has 0 aromatic heterocycles. The summed E-state index contributed by atoms with van der Waals surface area (Å²) in [6.07, 6.45) is 0.995. The maximum absolute atomic E-state index is 12.3. The van der Waals surface area contributed by atoms with Gasteiger partial charge in [0.05, 0.1) is 5.56 Å². The Hall–Kier alpha value is -2.62. The molecule has 2 atom stereocenters. The van der Waals surface area contributed by atoms with Gasteiger partial charge in [-0.25, -0.2) is 0 Å². The van der Waals surface area contributed by atoms with Crippen molar-refractivity contribution in [2.75, 3.05) is 6.54 Å². The van der Waals surface area contributed by atoms with E-state index in [0.717, 1.165) is 12.7 Å². The van der Waals surface area contributed by atoms with E-state index in [2.05, 4.69) is 24.4 Å². The van der Waals surface area contributed by atoms with Crippen LogP contribution in [0.1, 0.15) is 42.1 Å². The Kier molecular flexibility index (Phi) is 6.55. The Morgan fingerprint density at radius 1 is 1.12 bits per heavy atom. The van der Waals surface area contributed by atoms with Gasteiger partial charge in [0.25, 0.3) is 5.91 Å². The summed E-state index contributed by atoms with van der Waals surface area (Å²) in [5, 5.41) is 2.94. The minimum absolute atomic E-state index is 0.190. The molecule has 0 unspecified atom stereocenters. The Labute approximate surface area is 142 Å². The number of para-hydroxylation sites is 1. The molecule has 0 heterocycles. The first-order valence-electron chi connectivity index (χ1n) is 8.19. The Bertz CT molecular complexity index is 670. The van der Waals surface area contributed by atoms with Crippen LogP contribution in [0.15, 0.2) is 54.6 Å². The van der Waals surface area contributed by atoms with Gasteiger partial charge in [-0.05, 0) is 31.0 Å². The fraction of sp³-hybridized carbons (Fsp3) is 0.300. The predicted molar refractivity (Wildman–Crippen MR) is 94.4 cm³/mol. The Morgan fingerprint density at radius 3 is 2.46 bits per heavy atom. The highest BCUT2D eigenvalue weighted by Crippen LogP contribution is 2.19. The summed E-state index contributed by atoms with van der Waals surface area (Å²) in [4.78, 5) is 23.3. The zero-order chi connectivity index (χ0) is 17.4. The van der Waals surface area contributed by atoms with Crippen LogP contribution in [0.2, 0.25) is 0 Å². The number of rotatable bonds is 8. The van der Waals surface area contributed by atoms with Gasteiger partial charge in [-0.3, -0.25) is 9.59 Å². The van der Waals surface area contributed by atoms with Crippen LogP contribution in [0.25, 0.3) is 0 Å². The van der Waals surface area contributed by atoms with E-state index in [1.165, 1.54) is 5.56 Å². The standard InChI is InChI=1S/C20H23NO3/c1-3-16(17-9-5-4-6-10-17)13-21-20(23)15(2)24-19-12-8-7-11-18(19)14-22/h4-12,14-16H,3,13H2,1-2H3,(H,21,23)/t15-,16-/m1/s1. The fourth-order valence-corrected chi connectivity index (χ4v) is 2.52. The third-order valence-corrected chi connectivity index (χ3v) is 4.01. The minimum Gasteiger partial charge on any atom is -0.480 e. The van der Waals surface area contributed by atoms with Crippen molar-refractivity contribution in [3.63, 3.8) is 0 Å². The predicted octanol–water partition coefficient (Wildman–Crippen LogP) is 3.58. The molecule has 0 spiro atoms. The first-order chi connectivity index (χ1) is 11.7. The van der Waals surface area contributed by atoms with E-state index in [1.54, 1.807) is 31.2 Å². The van der Waals surface area contributed by atoms with Gasteiger partial charge in [-0.1, -0.05) is 49.4 Å². The SMILES string of the molecule is CC[C@H](CNC(=O)[C@@H](C)Oc1ccccc1C=O)c1ccccc1. The van der Waals surface area contributed by atoms with E-state index < -0.39 is 6.10 Å². The zero-order valence-corrected chi connectivity index (χ0v) is 14.1. The largest absolute Gasteiger partial charge is 0.480 e. The summed E-state index contributed by atoms with van der Waals surface area (Å²) in [6.45, 7) is 4.34. The summed E-state index contributed by atoms with van der Waals surface area (Å²) in [5.74, 6) is 0.500. The number of carbonyl (C=O) groups excluding carboxylic acids is 2. The molecule has 24 heavy (non-hydrogen) atoms. The zero-order valence-electron chi connectivity index (χ0n) is 14.1. The molecule has 2 aromatic rings. The third kappa shape index (κ3) is 4.69. The van der Waals surface area contributed by atoms with Crippen LogP contribution >= 0.6 is 0 Å². The maximum Gasteiger partial charge on any atom is 0.260 e. The molecular formula is C20H23NO3. The van der Waals surface area contributed by atoms with Gasteiger partial charge in [0, 0.05) is 12.5 Å². The van der Waals surface area contributed by atoms with E-state index in [1.807, 2.05) is 18.2 Å². The Balaban J connectivity index is 1.92. The number of hydrogen-bond donors (Lipinski definition) is 1. The van der Waals surface area contributed by atoms with Gasteiger partial charge in [0.2, 0.25) is 0 Å². The van der Waals surface area contributed by atoms with Crippen molar-refractivity contribution in [1.29, 1.82) is 0 Å². The summed E-state index contributed by atoms with van der Waals surface area (Å²) >= 11 is 0. The lowest BCUT2D eigenvalue weighted by atomic mass is 9.96. The number of amides is 1. The summed E-state index contributed by atoms with van der Waals surface area (Å²) in [5.41, 5.74) is 1.65. The molecule has 2 aromatic carbocycles. The normalized spacial score (nSPS) is 12.9. The van der Waals surface area contributed by atoms with Gasteiger partial charge in [-0.2, -0.15) is 0 Å². The molecule has 4 heteroatoms. The molecule has 0 saturated heterocycles. The number of carbonyl (C=O) groups is 2. The molecule has 0 aliphatic rings. The van der Waals surface area contributed by atoms with Gasteiger partial charge in [-0.15, -0.1) is 0 Å². The van der Waals surface area contributed by atoms with Crippen molar-refractivity contribution in [2.24, 2.45) is 0 Å². The van der Waals surface area contributed by atoms with Crippen LogP contribution in [0, 0.1) is 0 Å². The number of nitrogens with one attached hydrogen (secondary N) is 1. The molecule has 2 rings (SSSR count). The first-order valence-corrected chi connectivity index (χ1v) is 8.19. The van der Waals surface area contributed by atoms with Crippen LogP contribution in [-0.4, -0.2) is 24.8 Å². The monoisotopic (exact) mass is 325 g/mol. The number of aldehydes is 1. The minimum atomic E-state index is -0.667.